The highest BCUT2D eigenvalue weighted by molar-refractivity contribution is 5.11. The first-order chi connectivity index (χ1) is 8.36. The van der Waals surface area contributed by atoms with Crippen LogP contribution in [0.25, 0.3) is 0 Å². The molecule has 0 saturated carbocycles. The minimum absolute atomic E-state index is 0.595. The van der Waals surface area contributed by atoms with Gasteiger partial charge < -0.3 is 14.6 Å². The van der Waals surface area contributed by atoms with E-state index in [-0.39, 0.29) is 0 Å². The second-order valence-corrected chi connectivity index (χ2v) is 5.16. The summed E-state index contributed by atoms with van der Waals surface area (Å²) in [6.45, 7) is 6.18. The zero-order chi connectivity index (χ0) is 11.7. The lowest BCUT2D eigenvalue weighted by Gasteiger charge is -2.25. The van der Waals surface area contributed by atoms with E-state index in [1.54, 1.807) is 0 Å². The van der Waals surface area contributed by atoms with Crippen LogP contribution in [0, 0.1) is 6.92 Å². The molecule has 0 spiro atoms. The number of aromatic nitrogens is 2. The Bertz CT molecular complexity index is 376. The first kappa shape index (κ1) is 11.2. The summed E-state index contributed by atoms with van der Waals surface area (Å²) in [5, 5.41) is 3.44. The summed E-state index contributed by atoms with van der Waals surface area (Å²) in [4.78, 5) is 4.66. The van der Waals surface area contributed by atoms with Crippen molar-refractivity contribution < 1.29 is 4.74 Å². The van der Waals surface area contributed by atoms with Crippen molar-refractivity contribution in [3.63, 3.8) is 0 Å². The molecule has 1 aromatic rings. The number of aryl methyl sites for hydroxylation is 1. The predicted octanol–water partition coefficient (Wildman–Crippen LogP) is 1.62. The number of imidazole rings is 1. The number of rotatable bonds is 2. The van der Waals surface area contributed by atoms with Crippen LogP contribution in [-0.4, -0.2) is 35.9 Å². The molecule has 4 nitrogen and oxygen atoms in total. The van der Waals surface area contributed by atoms with Crippen molar-refractivity contribution in [3.8, 4) is 0 Å². The van der Waals surface area contributed by atoms with E-state index in [1.807, 2.05) is 6.20 Å². The highest BCUT2D eigenvalue weighted by atomic mass is 16.5. The van der Waals surface area contributed by atoms with Gasteiger partial charge in [0.15, 0.2) is 0 Å². The first-order valence-corrected chi connectivity index (χ1v) is 6.68. The SMILES string of the molecule is Cc1cnc(C2CCOCC2)n1[C@H]1CCNC1. The number of hydrogen-bond acceptors (Lipinski definition) is 3. The highest BCUT2D eigenvalue weighted by Crippen LogP contribution is 2.30. The Morgan fingerprint density at radius 3 is 2.88 bits per heavy atom. The fourth-order valence-corrected chi connectivity index (χ4v) is 3.06. The maximum absolute atomic E-state index is 5.44. The van der Waals surface area contributed by atoms with E-state index in [0.717, 1.165) is 39.1 Å². The van der Waals surface area contributed by atoms with E-state index in [1.165, 1.54) is 17.9 Å². The van der Waals surface area contributed by atoms with Gasteiger partial charge in [0.1, 0.15) is 5.82 Å². The molecule has 0 aromatic carbocycles. The Morgan fingerprint density at radius 1 is 1.35 bits per heavy atom. The van der Waals surface area contributed by atoms with E-state index in [9.17, 15) is 0 Å². The lowest BCUT2D eigenvalue weighted by molar-refractivity contribution is 0.0825. The van der Waals surface area contributed by atoms with Gasteiger partial charge in [0, 0.05) is 43.6 Å². The number of ether oxygens (including phenoxy) is 1. The largest absolute Gasteiger partial charge is 0.381 e. The van der Waals surface area contributed by atoms with Gasteiger partial charge >= 0.3 is 0 Å². The minimum atomic E-state index is 0.595. The van der Waals surface area contributed by atoms with Gasteiger partial charge in [-0.2, -0.15) is 0 Å². The van der Waals surface area contributed by atoms with Gasteiger partial charge in [-0.3, -0.25) is 0 Å². The van der Waals surface area contributed by atoms with Crippen LogP contribution in [-0.2, 0) is 4.74 Å². The Labute approximate surface area is 102 Å². The smallest absolute Gasteiger partial charge is 0.112 e. The van der Waals surface area contributed by atoms with Crippen molar-refractivity contribution in [1.29, 1.82) is 0 Å². The van der Waals surface area contributed by atoms with Gasteiger partial charge in [-0.1, -0.05) is 0 Å². The summed E-state index contributed by atoms with van der Waals surface area (Å²) in [5.41, 5.74) is 1.31. The number of nitrogens with zero attached hydrogens (tertiary/aromatic N) is 2. The Balaban J connectivity index is 1.87. The van der Waals surface area contributed by atoms with Crippen molar-refractivity contribution in [2.45, 2.75) is 38.1 Å². The summed E-state index contributed by atoms with van der Waals surface area (Å²) >= 11 is 0. The highest BCUT2D eigenvalue weighted by Gasteiger charge is 2.26. The van der Waals surface area contributed by atoms with Gasteiger partial charge in [-0.15, -0.1) is 0 Å². The van der Waals surface area contributed by atoms with Crippen LogP contribution in [0.15, 0.2) is 6.20 Å². The van der Waals surface area contributed by atoms with E-state index < -0.39 is 0 Å². The van der Waals surface area contributed by atoms with Crippen molar-refractivity contribution >= 4 is 0 Å². The second kappa shape index (κ2) is 4.78. The summed E-state index contributed by atoms with van der Waals surface area (Å²) in [5.74, 6) is 1.89. The molecule has 3 heterocycles. The van der Waals surface area contributed by atoms with E-state index in [4.69, 9.17) is 4.74 Å². The van der Waals surface area contributed by atoms with Crippen LogP contribution < -0.4 is 5.32 Å². The molecule has 0 aliphatic carbocycles. The fraction of sp³-hybridized carbons (Fsp3) is 0.769. The van der Waals surface area contributed by atoms with Crippen LogP contribution in [0.4, 0.5) is 0 Å². The van der Waals surface area contributed by atoms with Crippen LogP contribution in [0.3, 0.4) is 0 Å². The third kappa shape index (κ3) is 2.11. The lowest BCUT2D eigenvalue weighted by atomic mass is 9.99. The molecular weight excluding hydrogens is 214 g/mol. The molecule has 1 aromatic heterocycles. The van der Waals surface area contributed by atoms with Gasteiger partial charge in [0.05, 0.1) is 0 Å². The summed E-state index contributed by atoms with van der Waals surface area (Å²) < 4.78 is 7.91. The van der Waals surface area contributed by atoms with Gasteiger partial charge in [0.25, 0.3) is 0 Å². The molecule has 17 heavy (non-hydrogen) atoms. The Kier molecular flexibility index (Phi) is 3.16. The molecule has 94 valence electrons. The topological polar surface area (TPSA) is 39.1 Å². The standard InChI is InChI=1S/C13H21N3O/c1-10-8-15-13(11-3-6-17-7-4-11)16(10)12-2-5-14-9-12/h8,11-12,14H,2-7,9H2,1H3/t12-/m0/s1. The third-order valence-electron chi connectivity index (χ3n) is 4.00. The predicted molar refractivity (Wildman–Crippen MR) is 66.3 cm³/mol. The van der Waals surface area contributed by atoms with Crippen LogP contribution in [0.1, 0.15) is 42.7 Å². The van der Waals surface area contributed by atoms with Crippen LogP contribution >= 0.6 is 0 Å². The average molecular weight is 235 g/mol. The zero-order valence-electron chi connectivity index (χ0n) is 10.5. The molecule has 0 unspecified atom stereocenters. The maximum atomic E-state index is 5.44. The molecule has 2 aliphatic rings. The molecule has 1 atom stereocenters. The molecule has 1 N–H and O–H groups in total. The molecule has 2 saturated heterocycles. The minimum Gasteiger partial charge on any atom is -0.381 e. The van der Waals surface area contributed by atoms with E-state index in [2.05, 4.69) is 21.8 Å². The normalized spacial score (nSPS) is 26.5. The third-order valence-corrected chi connectivity index (χ3v) is 4.00. The number of hydrogen-bond donors (Lipinski definition) is 1. The van der Waals surface area contributed by atoms with Crippen molar-refractivity contribution in [3.05, 3.63) is 17.7 Å². The molecule has 3 rings (SSSR count). The van der Waals surface area contributed by atoms with Gasteiger partial charge in [-0.25, -0.2) is 4.98 Å². The molecular formula is C13H21N3O. The zero-order valence-corrected chi connectivity index (χ0v) is 10.5. The Morgan fingerprint density at radius 2 is 2.18 bits per heavy atom. The molecule has 4 heteroatoms. The van der Waals surface area contributed by atoms with Crippen molar-refractivity contribution in [2.75, 3.05) is 26.3 Å². The van der Waals surface area contributed by atoms with Gasteiger partial charge in [0.2, 0.25) is 0 Å². The first-order valence-electron chi connectivity index (χ1n) is 6.68. The molecule has 0 amide bonds. The Hall–Kier alpha value is -0.870. The quantitative estimate of drug-likeness (QED) is 0.846. The van der Waals surface area contributed by atoms with Gasteiger partial charge in [-0.05, 0) is 32.7 Å². The molecule has 0 bridgehead atoms. The monoisotopic (exact) mass is 235 g/mol. The fourth-order valence-electron chi connectivity index (χ4n) is 3.06. The van der Waals surface area contributed by atoms with Crippen molar-refractivity contribution in [2.24, 2.45) is 0 Å². The summed E-state index contributed by atoms with van der Waals surface area (Å²) in [7, 11) is 0. The molecule has 0 radical (unpaired) electrons. The molecule has 2 aliphatic heterocycles. The average Bonchev–Trinajstić information content (AvgIpc) is 2.99. The summed E-state index contributed by atoms with van der Waals surface area (Å²) in [6, 6.07) is 0.607. The number of nitrogens with one attached hydrogen (secondary N) is 1. The van der Waals surface area contributed by atoms with Crippen LogP contribution in [0.2, 0.25) is 0 Å². The van der Waals surface area contributed by atoms with E-state index in [0.29, 0.717) is 12.0 Å². The van der Waals surface area contributed by atoms with E-state index >= 15 is 0 Å². The van der Waals surface area contributed by atoms with Crippen molar-refractivity contribution in [1.82, 2.24) is 14.9 Å². The van der Waals surface area contributed by atoms with Crippen LogP contribution in [0.5, 0.6) is 0 Å². The maximum Gasteiger partial charge on any atom is 0.112 e. The lowest BCUT2D eigenvalue weighted by Crippen LogP contribution is -2.22. The molecule has 2 fully saturated rings. The summed E-state index contributed by atoms with van der Waals surface area (Å²) in [6.07, 6.45) is 5.50. The second-order valence-electron chi connectivity index (χ2n) is 5.16.